The van der Waals surface area contributed by atoms with Crippen molar-refractivity contribution in [3.8, 4) is 11.5 Å². The maximum absolute atomic E-state index is 12.4. The number of aryl methyl sites for hydroxylation is 1. The number of sulfone groups is 1. The molecule has 31 heavy (non-hydrogen) atoms. The second-order valence-electron chi connectivity index (χ2n) is 7.35. The highest BCUT2D eigenvalue weighted by atomic mass is 32.2. The van der Waals surface area contributed by atoms with E-state index in [1.165, 1.54) is 22.6 Å². The van der Waals surface area contributed by atoms with E-state index in [2.05, 4.69) is 39.8 Å². The fourth-order valence-electron chi connectivity index (χ4n) is 2.71. The maximum Gasteiger partial charge on any atom is 0.322 e. The number of nitrogens with zero attached hydrogens (tertiary/aromatic N) is 2. The zero-order valence-corrected chi connectivity index (χ0v) is 19.3. The minimum absolute atomic E-state index is 0.0108. The number of hydrogen-bond donors (Lipinski definition) is 1. The Labute approximate surface area is 186 Å². The topological polar surface area (TPSA) is 102 Å². The van der Waals surface area contributed by atoms with Crippen LogP contribution in [0.25, 0.3) is 11.5 Å². The second kappa shape index (κ2) is 10.1. The predicted octanol–water partition coefficient (Wildman–Crippen LogP) is 4.74. The highest BCUT2D eigenvalue weighted by Crippen LogP contribution is 2.25. The Balaban J connectivity index is 1.54. The molecule has 3 aromatic rings. The van der Waals surface area contributed by atoms with Gasteiger partial charge in [0.1, 0.15) is 0 Å². The molecule has 0 atom stereocenters. The van der Waals surface area contributed by atoms with E-state index < -0.39 is 15.1 Å². The normalized spacial score (nSPS) is 11.6. The van der Waals surface area contributed by atoms with Crippen LogP contribution in [0.1, 0.15) is 32.3 Å². The quantitative estimate of drug-likeness (QED) is 0.364. The third-order valence-corrected chi connectivity index (χ3v) is 7.79. The molecule has 0 bridgehead atoms. The molecule has 0 aliphatic carbocycles. The standard InChI is InChI=1S/C22H25N3O4S2/c1-15(2)31(27,28)19-7-4-6-17(14-19)21-24-25-22(29-21)23-20(26)8-5-13-30-18-11-9-16(3)10-12-18/h4,6-7,9-12,14-15H,5,8,13H2,1-3H3,(H,23,25,26). The fraction of sp³-hybridized carbons (Fsp3) is 0.318. The van der Waals surface area contributed by atoms with Crippen molar-refractivity contribution in [2.45, 2.75) is 48.7 Å². The Morgan fingerprint density at radius 1 is 1.13 bits per heavy atom. The first-order chi connectivity index (χ1) is 14.8. The number of carbonyl (C=O) groups excluding carboxylic acids is 1. The van der Waals surface area contributed by atoms with Gasteiger partial charge >= 0.3 is 6.01 Å². The van der Waals surface area contributed by atoms with E-state index in [1.807, 2.05) is 6.92 Å². The highest BCUT2D eigenvalue weighted by Gasteiger charge is 2.20. The molecule has 0 aliphatic heterocycles. The van der Waals surface area contributed by atoms with Gasteiger partial charge in [0.05, 0.1) is 10.1 Å². The lowest BCUT2D eigenvalue weighted by atomic mass is 10.2. The molecule has 1 N–H and O–H groups in total. The van der Waals surface area contributed by atoms with Crippen molar-refractivity contribution in [1.82, 2.24) is 10.2 Å². The first-order valence-corrected chi connectivity index (χ1v) is 12.5. The van der Waals surface area contributed by atoms with Crippen LogP contribution in [0.3, 0.4) is 0 Å². The summed E-state index contributed by atoms with van der Waals surface area (Å²) in [5.74, 6) is 0.754. The van der Waals surface area contributed by atoms with Crippen molar-refractivity contribution in [2.75, 3.05) is 11.1 Å². The van der Waals surface area contributed by atoms with Gasteiger partial charge in [-0.25, -0.2) is 8.42 Å². The zero-order valence-electron chi connectivity index (χ0n) is 17.7. The molecule has 0 spiro atoms. The van der Waals surface area contributed by atoms with Crippen LogP contribution in [0, 0.1) is 6.92 Å². The number of thioether (sulfide) groups is 1. The number of nitrogens with one attached hydrogen (secondary N) is 1. The minimum atomic E-state index is -3.42. The van der Waals surface area contributed by atoms with Crippen LogP contribution in [0.2, 0.25) is 0 Å². The van der Waals surface area contributed by atoms with Crippen LogP contribution in [-0.4, -0.2) is 35.5 Å². The van der Waals surface area contributed by atoms with Gasteiger partial charge in [0, 0.05) is 16.9 Å². The van der Waals surface area contributed by atoms with Crippen LogP contribution in [-0.2, 0) is 14.6 Å². The lowest BCUT2D eigenvalue weighted by Crippen LogP contribution is -2.13. The van der Waals surface area contributed by atoms with Gasteiger partial charge in [0.25, 0.3) is 0 Å². The van der Waals surface area contributed by atoms with Gasteiger partial charge in [-0.2, -0.15) is 0 Å². The largest absolute Gasteiger partial charge is 0.403 e. The smallest absolute Gasteiger partial charge is 0.322 e. The number of carbonyl (C=O) groups is 1. The molecular weight excluding hydrogens is 434 g/mol. The molecule has 0 radical (unpaired) electrons. The zero-order chi connectivity index (χ0) is 22.4. The van der Waals surface area contributed by atoms with E-state index in [1.54, 1.807) is 37.7 Å². The fourth-order valence-corrected chi connectivity index (χ4v) is 4.66. The summed E-state index contributed by atoms with van der Waals surface area (Å²) in [7, 11) is -3.42. The summed E-state index contributed by atoms with van der Waals surface area (Å²) in [5, 5.41) is 9.82. The predicted molar refractivity (Wildman–Crippen MR) is 122 cm³/mol. The molecule has 0 aliphatic rings. The van der Waals surface area contributed by atoms with Crippen LogP contribution in [0.5, 0.6) is 0 Å². The maximum atomic E-state index is 12.4. The molecule has 1 aromatic heterocycles. The molecule has 9 heteroatoms. The van der Waals surface area contributed by atoms with E-state index in [0.29, 0.717) is 18.4 Å². The minimum Gasteiger partial charge on any atom is -0.403 e. The van der Waals surface area contributed by atoms with Crippen LogP contribution >= 0.6 is 11.8 Å². The van der Waals surface area contributed by atoms with Gasteiger partial charge in [-0.05, 0) is 63.3 Å². The second-order valence-corrected chi connectivity index (χ2v) is 11.0. The summed E-state index contributed by atoms with van der Waals surface area (Å²) in [5.41, 5.74) is 1.69. The summed E-state index contributed by atoms with van der Waals surface area (Å²) in [6.07, 6.45) is 1.04. The first kappa shape index (κ1) is 23.0. The van der Waals surface area contributed by atoms with E-state index in [4.69, 9.17) is 4.42 Å². The van der Waals surface area contributed by atoms with E-state index in [0.717, 1.165) is 5.75 Å². The molecule has 164 valence electrons. The third-order valence-electron chi connectivity index (χ3n) is 4.54. The lowest BCUT2D eigenvalue weighted by Gasteiger charge is -2.08. The van der Waals surface area contributed by atoms with Gasteiger partial charge in [-0.1, -0.05) is 28.9 Å². The molecule has 2 aromatic carbocycles. The average Bonchev–Trinajstić information content (AvgIpc) is 3.21. The highest BCUT2D eigenvalue weighted by molar-refractivity contribution is 7.99. The number of aromatic nitrogens is 2. The van der Waals surface area contributed by atoms with Gasteiger partial charge < -0.3 is 4.42 Å². The molecule has 7 nitrogen and oxygen atoms in total. The molecule has 0 saturated carbocycles. The van der Waals surface area contributed by atoms with Gasteiger partial charge in [-0.15, -0.1) is 16.9 Å². The van der Waals surface area contributed by atoms with Crippen molar-refractivity contribution >= 4 is 33.5 Å². The monoisotopic (exact) mass is 459 g/mol. The van der Waals surface area contributed by atoms with Gasteiger partial charge in [0.2, 0.25) is 11.8 Å². The Morgan fingerprint density at radius 2 is 1.87 bits per heavy atom. The molecular formula is C22H25N3O4S2. The summed E-state index contributed by atoms with van der Waals surface area (Å²) >= 11 is 1.70. The summed E-state index contributed by atoms with van der Waals surface area (Å²) in [6.45, 7) is 5.30. The average molecular weight is 460 g/mol. The van der Waals surface area contributed by atoms with E-state index in [-0.39, 0.29) is 22.7 Å². The SMILES string of the molecule is Cc1ccc(SCCCC(=O)Nc2nnc(-c3cccc(S(=O)(=O)C(C)C)c3)o2)cc1. The van der Waals surface area contributed by atoms with Gasteiger partial charge in [-0.3, -0.25) is 10.1 Å². The van der Waals surface area contributed by atoms with Gasteiger partial charge in [0.15, 0.2) is 9.84 Å². The molecule has 0 unspecified atom stereocenters. The molecule has 0 saturated heterocycles. The van der Waals surface area contributed by atoms with E-state index >= 15 is 0 Å². The number of rotatable bonds is 9. The molecule has 1 heterocycles. The Hall–Kier alpha value is -2.65. The number of anilines is 1. The van der Waals surface area contributed by atoms with Crippen molar-refractivity contribution in [3.63, 3.8) is 0 Å². The van der Waals surface area contributed by atoms with Crippen LogP contribution in [0.4, 0.5) is 6.01 Å². The Bertz CT molecular complexity index is 1140. The Kier molecular flexibility index (Phi) is 7.50. The van der Waals surface area contributed by atoms with Crippen molar-refractivity contribution in [1.29, 1.82) is 0 Å². The number of amides is 1. The lowest BCUT2D eigenvalue weighted by molar-refractivity contribution is -0.116. The summed E-state index contributed by atoms with van der Waals surface area (Å²) in [6, 6.07) is 14.6. The van der Waals surface area contributed by atoms with Crippen molar-refractivity contribution in [2.24, 2.45) is 0 Å². The Morgan fingerprint density at radius 3 is 2.58 bits per heavy atom. The summed E-state index contributed by atoms with van der Waals surface area (Å²) in [4.78, 5) is 13.5. The van der Waals surface area contributed by atoms with Crippen molar-refractivity contribution in [3.05, 3.63) is 54.1 Å². The molecule has 0 fully saturated rings. The molecule has 3 rings (SSSR count). The third kappa shape index (κ3) is 6.18. The number of hydrogen-bond acceptors (Lipinski definition) is 7. The van der Waals surface area contributed by atoms with E-state index in [9.17, 15) is 13.2 Å². The summed E-state index contributed by atoms with van der Waals surface area (Å²) < 4.78 is 30.2. The molecule has 1 amide bonds. The number of benzene rings is 2. The van der Waals surface area contributed by atoms with Crippen LogP contribution in [0.15, 0.2) is 62.7 Å². The van der Waals surface area contributed by atoms with Crippen molar-refractivity contribution < 1.29 is 17.6 Å². The first-order valence-electron chi connectivity index (χ1n) is 9.93. The van der Waals surface area contributed by atoms with Crippen LogP contribution < -0.4 is 5.32 Å².